The summed E-state index contributed by atoms with van der Waals surface area (Å²) in [6.07, 6.45) is 24.4. The molecule has 3 rings (SSSR count). The first-order valence-corrected chi connectivity index (χ1v) is 12.7. The lowest BCUT2D eigenvalue weighted by Crippen LogP contribution is -1.83. The van der Waals surface area contributed by atoms with E-state index < -0.39 is 0 Å². The van der Waals surface area contributed by atoms with E-state index in [4.69, 9.17) is 0 Å². The largest absolute Gasteiger partial charge is 0.0654 e. The molecule has 0 N–H and O–H groups in total. The lowest BCUT2D eigenvalue weighted by atomic mass is 10.1. The smallest absolute Gasteiger partial charge is 0.0256 e. The van der Waals surface area contributed by atoms with Crippen molar-refractivity contribution in [2.24, 2.45) is 0 Å². The van der Waals surface area contributed by atoms with Crippen molar-refractivity contribution in [3.63, 3.8) is 0 Å². The van der Waals surface area contributed by atoms with E-state index in [1.54, 1.807) is 0 Å². The first-order valence-electron chi connectivity index (χ1n) is 12.7. The highest BCUT2D eigenvalue weighted by atomic mass is 14.0. The molecule has 0 saturated heterocycles. The monoisotopic (exact) mass is 446 g/mol. The number of aryl methyl sites for hydroxylation is 2. The molecule has 0 saturated carbocycles. The fourth-order valence-corrected chi connectivity index (χ4v) is 3.74. The van der Waals surface area contributed by atoms with Crippen LogP contribution in [0.2, 0.25) is 0 Å². The molecule has 0 heteroatoms. The van der Waals surface area contributed by atoms with Crippen LogP contribution in [0.1, 0.15) is 72.9 Å². The summed E-state index contributed by atoms with van der Waals surface area (Å²) in [4.78, 5) is 0. The minimum absolute atomic E-state index is 1.18. The minimum Gasteiger partial charge on any atom is -0.0654 e. The van der Waals surface area contributed by atoms with Crippen LogP contribution in [0.4, 0.5) is 0 Å². The summed E-state index contributed by atoms with van der Waals surface area (Å²) in [6.45, 7) is 4.47. The van der Waals surface area contributed by atoms with Gasteiger partial charge in [0.15, 0.2) is 0 Å². The van der Waals surface area contributed by atoms with Gasteiger partial charge in [0.25, 0.3) is 0 Å². The number of rotatable bonds is 12. The Balaban J connectivity index is 1.46. The molecule has 0 aromatic heterocycles. The van der Waals surface area contributed by atoms with Crippen LogP contribution in [0.3, 0.4) is 0 Å². The van der Waals surface area contributed by atoms with Gasteiger partial charge in [0.05, 0.1) is 0 Å². The Bertz CT molecular complexity index is 982. The molecule has 0 fully saturated rings. The van der Waals surface area contributed by atoms with Crippen LogP contribution in [0.5, 0.6) is 0 Å². The highest BCUT2D eigenvalue weighted by Gasteiger charge is 1.93. The first kappa shape index (κ1) is 25.2. The molecule has 3 aromatic carbocycles. The molecule has 0 aliphatic heterocycles. The Morgan fingerprint density at radius 3 is 0.941 bits per heavy atom. The standard InChI is InChI=1S/C34H38/c1-3-5-11-29-17-21-31(22-18-29)13-7-9-15-33-25-27-34(28-26-33)16-10-8-14-32-23-19-30(20-24-32)12-6-4-2/h7-10,13-28H,3-6,11-12H2,1-2H3/b13-7+,14-8+,15-9+,16-10+. The van der Waals surface area contributed by atoms with Crippen molar-refractivity contribution in [2.45, 2.75) is 52.4 Å². The van der Waals surface area contributed by atoms with Gasteiger partial charge in [0.2, 0.25) is 0 Å². The number of benzene rings is 3. The van der Waals surface area contributed by atoms with Crippen molar-refractivity contribution in [1.29, 1.82) is 0 Å². The fraction of sp³-hybridized carbons (Fsp3) is 0.235. The van der Waals surface area contributed by atoms with Crippen LogP contribution in [0.25, 0.3) is 24.3 Å². The first-order chi connectivity index (χ1) is 16.8. The van der Waals surface area contributed by atoms with E-state index in [9.17, 15) is 0 Å². The predicted molar refractivity (Wildman–Crippen MR) is 153 cm³/mol. The molecule has 174 valence electrons. The van der Waals surface area contributed by atoms with Gasteiger partial charge in [-0.25, -0.2) is 0 Å². The van der Waals surface area contributed by atoms with Crippen LogP contribution in [0.15, 0.2) is 97.1 Å². The van der Waals surface area contributed by atoms with Crippen molar-refractivity contribution in [2.75, 3.05) is 0 Å². The van der Waals surface area contributed by atoms with Gasteiger partial charge in [-0.15, -0.1) is 0 Å². The second-order valence-electron chi connectivity index (χ2n) is 8.79. The topological polar surface area (TPSA) is 0 Å². The molecule has 0 spiro atoms. The van der Waals surface area contributed by atoms with Gasteiger partial charge in [0.1, 0.15) is 0 Å². The van der Waals surface area contributed by atoms with Gasteiger partial charge < -0.3 is 0 Å². The summed E-state index contributed by atoms with van der Waals surface area (Å²) in [7, 11) is 0. The van der Waals surface area contributed by atoms with Gasteiger partial charge in [-0.05, 0) is 59.1 Å². The minimum atomic E-state index is 1.18. The number of hydrogen-bond donors (Lipinski definition) is 0. The Kier molecular flexibility index (Phi) is 10.9. The van der Waals surface area contributed by atoms with Crippen molar-refractivity contribution >= 4 is 24.3 Å². The van der Waals surface area contributed by atoms with Crippen LogP contribution in [0, 0.1) is 0 Å². The van der Waals surface area contributed by atoms with Crippen molar-refractivity contribution in [1.82, 2.24) is 0 Å². The quantitative estimate of drug-likeness (QED) is 0.243. The molecule has 0 nitrogen and oxygen atoms in total. The SMILES string of the molecule is CCCCc1ccc(/C=C/C=C/c2ccc(/C=C/C=C/c3ccc(CCCC)cc3)cc2)cc1. The van der Waals surface area contributed by atoms with E-state index in [0.717, 1.165) is 0 Å². The molecule has 34 heavy (non-hydrogen) atoms. The Hall–Kier alpha value is -3.38. The molecule has 0 atom stereocenters. The Morgan fingerprint density at radius 2 is 0.676 bits per heavy atom. The highest BCUT2D eigenvalue weighted by molar-refractivity contribution is 5.61. The van der Waals surface area contributed by atoms with Crippen molar-refractivity contribution < 1.29 is 0 Å². The summed E-state index contributed by atoms with van der Waals surface area (Å²) < 4.78 is 0. The number of allylic oxidation sites excluding steroid dienone is 4. The molecule has 3 aromatic rings. The zero-order valence-corrected chi connectivity index (χ0v) is 20.8. The second-order valence-corrected chi connectivity index (χ2v) is 8.79. The second kappa shape index (κ2) is 14.7. The maximum Gasteiger partial charge on any atom is -0.0256 e. The van der Waals surface area contributed by atoms with E-state index in [0.29, 0.717) is 0 Å². The Morgan fingerprint density at radius 1 is 0.412 bits per heavy atom. The van der Waals surface area contributed by atoms with Crippen molar-refractivity contribution in [3.8, 4) is 0 Å². The van der Waals surface area contributed by atoms with E-state index in [2.05, 4.69) is 135 Å². The summed E-state index contributed by atoms with van der Waals surface area (Å²) in [5.74, 6) is 0. The van der Waals surface area contributed by atoms with Gasteiger partial charge >= 0.3 is 0 Å². The van der Waals surface area contributed by atoms with Crippen LogP contribution >= 0.6 is 0 Å². The lowest BCUT2D eigenvalue weighted by Gasteiger charge is -2.00. The third kappa shape index (κ3) is 9.24. The van der Waals surface area contributed by atoms with E-state index in [1.165, 1.54) is 71.9 Å². The molecule has 0 amide bonds. The van der Waals surface area contributed by atoms with E-state index >= 15 is 0 Å². The predicted octanol–water partition coefficient (Wildman–Crippen LogP) is 9.82. The van der Waals surface area contributed by atoms with Gasteiger partial charge in [0, 0.05) is 0 Å². The Labute approximate surface area is 207 Å². The average Bonchev–Trinajstić information content (AvgIpc) is 2.89. The van der Waals surface area contributed by atoms with Gasteiger partial charge in [-0.3, -0.25) is 0 Å². The lowest BCUT2D eigenvalue weighted by molar-refractivity contribution is 0.795. The van der Waals surface area contributed by atoms with Gasteiger partial charge in [-0.2, -0.15) is 0 Å². The molecule has 0 aliphatic carbocycles. The maximum absolute atomic E-state index is 2.24. The van der Waals surface area contributed by atoms with Crippen LogP contribution in [-0.2, 0) is 12.8 Å². The fourth-order valence-electron chi connectivity index (χ4n) is 3.74. The third-order valence-corrected chi connectivity index (χ3v) is 5.91. The molecular weight excluding hydrogens is 408 g/mol. The van der Waals surface area contributed by atoms with Crippen LogP contribution < -0.4 is 0 Å². The number of hydrogen-bond acceptors (Lipinski definition) is 0. The van der Waals surface area contributed by atoms with E-state index in [-0.39, 0.29) is 0 Å². The van der Waals surface area contributed by atoms with Crippen molar-refractivity contribution in [3.05, 3.63) is 130 Å². The zero-order chi connectivity index (χ0) is 23.8. The molecule has 0 heterocycles. The zero-order valence-electron chi connectivity index (χ0n) is 20.8. The molecule has 0 aliphatic rings. The summed E-state index contributed by atoms with van der Waals surface area (Å²) >= 11 is 0. The molecule has 0 radical (unpaired) electrons. The summed E-state index contributed by atoms with van der Waals surface area (Å²) in [5.41, 5.74) is 7.74. The molecule has 0 unspecified atom stereocenters. The normalized spacial score (nSPS) is 12.1. The third-order valence-electron chi connectivity index (χ3n) is 5.91. The summed E-state index contributed by atoms with van der Waals surface area (Å²) in [5, 5.41) is 0. The van der Waals surface area contributed by atoms with Crippen LogP contribution in [-0.4, -0.2) is 0 Å². The number of unbranched alkanes of at least 4 members (excludes halogenated alkanes) is 2. The van der Waals surface area contributed by atoms with Gasteiger partial charge in [-0.1, -0.05) is 148 Å². The van der Waals surface area contributed by atoms with E-state index in [1.807, 2.05) is 0 Å². The average molecular weight is 447 g/mol. The molecule has 0 bridgehead atoms. The summed E-state index contributed by atoms with van der Waals surface area (Å²) in [6, 6.07) is 26.4. The molecular formula is C34H38. The maximum atomic E-state index is 2.24. The highest BCUT2D eigenvalue weighted by Crippen LogP contribution is 2.12.